The molecule has 0 radical (unpaired) electrons. The Kier molecular flexibility index (Phi) is 32.5. The fraction of sp³-hybridized carbons (Fsp3) is 1.00. The van der Waals surface area contributed by atoms with E-state index in [0.717, 1.165) is 12.5 Å². The standard InChI is InChI=1S/C32H68O6Si/c1-5-9-10-11-12-13-14-15-16-17-18-19-20-21-22-23-24-25-32-39(36-29-26-33-6-2,37-30-27-34-7-3)38-31-28-35-8-4/h5-32H2,1-4H3. The average Bonchev–Trinajstić information content (AvgIpc) is 2.95. The first-order valence-electron chi connectivity index (χ1n) is 16.9. The average molecular weight is 577 g/mol. The van der Waals surface area contributed by atoms with Crippen molar-refractivity contribution >= 4 is 8.80 Å². The highest BCUT2D eigenvalue weighted by molar-refractivity contribution is 6.60. The van der Waals surface area contributed by atoms with Gasteiger partial charge in [-0.3, -0.25) is 0 Å². The second-order valence-electron chi connectivity index (χ2n) is 10.6. The highest BCUT2D eigenvalue weighted by Crippen LogP contribution is 2.21. The third kappa shape index (κ3) is 27.9. The molecular formula is C32H68O6Si. The summed E-state index contributed by atoms with van der Waals surface area (Å²) >= 11 is 0. The number of ether oxygens (including phenoxy) is 3. The molecule has 0 atom stereocenters. The van der Waals surface area contributed by atoms with Crippen LogP contribution in [0.15, 0.2) is 0 Å². The minimum Gasteiger partial charge on any atom is -0.379 e. The summed E-state index contributed by atoms with van der Waals surface area (Å²) in [4.78, 5) is 0. The molecule has 0 aromatic rings. The van der Waals surface area contributed by atoms with Gasteiger partial charge in [-0.2, -0.15) is 0 Å². The molecular weight excluding hydrogens is 508 g/mol. The van der Waals surface area contributed by atoms with Crippen molar-refractivity contribution in [3.8, 4) is 0 Å². The Hall–Kier alpha value is -0.0231. The fourth-order valence-corrected chi connectivity index (χ4v) is 7.33. The minimum atomic E-state index is -2.80. The van der Waals surface area contributed by atoms with E-state index in [1.807, 2.05) is 20.8 Å². The molecule has 0 bridgehead atoms. The van der Waals surface area contributed by atoms with Crippen LogP contribution in [0.25, 0.3) is 0 Å². The summed E-state index contributed by atoms with van der Waals surface area (Å²) in [5.74, 6) is 0. The third-order valence-corrected chi connectivity index (χ3v) is 10.00. The van der Waals surface area contributed by atoms with Crippen LogP contribution >= 0.6 is 0 Å². The molecule has 0 saturated carbocycles. The van der Waals surface area contributed by atoms with Gasteiger partial charge in [-0.1, -0.05) is 116 Å². The lowest BCUT2D eigenvalue weighted by Gasteiger charge is -2.30. The summed E-state index contributed by atoms with van der Waals surface area (Å²) in [5.41, 5.74) is 0. The molecule has 0 aliphatic heterocycles. The highest BCUT2D eigenvalue weighted by atomic mass is 28.4. The molecule has 0 amide bonds. The molecule has 6 nitrogen and oxygen atoms in total. The van der Waals surface area contributed by atoms with Crippen LogP contribution in [0.3, 0.4) is 0 Å². The third-order valence-electron chi connectivity index (χ3n) is 7.10. The smallest absolute Gasteiger partial charge is 0.379 e. The molecule has 0 aliphatic carbocycles. The number of hydrogen-bond acceptors (Lipinski definition) is 6. The van der Waals surface area contributed by atoms with Crippen LogP contribution in [0.5, 0.6) is 0 Å². The lowest BCUT2D eigenvalue weighted by molar-refractivity contribution is 0.00318. The Morgan fingerprint density at radius 2 is 0.615 bits per heavy atom. The number of rotatable bonds is 34. The first-order chi connectivity index (χ1) is 19.2. The Morgan fingerprint density at radius 3 is 0.897 bits per heavy atom. The van der Waals surface area contributed by atoms with Gasteiger partial charge in [-0.25, -0.2) is 0 Å². The molecule has 0 heterocycles. The summed E-state index contributed by atoms with van der Waals surface area (Å²) in [6.45, 7) is 13.6. The monoisotopic (exact) mass is 576 g/mol. The summed E-state index contributed by atoms with van der Waals surface area (Å²) < 4.78 is 35.3. The number of unbranched alkanes of at least 4 members (excludes halogenated alkanes) is 17. The normalized spacial score (nSPS) is 12.0. The molecule has 0 fully saturated rings. The van der Waals surface area contributed by atoms with Crippen molar-refractivity contribution in [2.75, 3.05) is 59.5 Å². The Labute approximate surface area is 244 Å². The van der Waals surface area contributed by atoms with Crippen LogP contribution in [-0.4, -0.2) is 68.3 Å². The van der Waals surface area contributed by atoms with Crippen molar-refractivity contribution in [1.82, 2.24) is 0 Å². The van der Waals surface area contributed by atoms with Gasteiger partial charge in [0.15, 0.2) is 0 Å². The second-order valence-corrected chi connectivity index (χ2v) is 13.3. The van der Waals surface area contributed by atoms with Crippen molar-refractivity contribution in [1.29, 1.82) is 0 Å². The van der Waals surface area contributed by atoms with E-state index in [4.69, 9.17) is 27.5 Å². The molecule has 39 heavy (non-hydrogen) atoms. The van der Waals surface area contributed by atoms with Crippen LogP contribution in [0.4, 0.5) is 0 Å². The van der Waals surface area contributed by atoms with Crippen molar-refractivity contribution in [3.63, 3.8) is 0 Å². The zero-order valence-electron chi connectivity index (χ0n) is 26.7. The van der Waals surface area contributed by atoms with E-state index in [2.05, 4.69) is 6.92 Å². The van der Waals surface area contributed by atoms with E-state index in [1.165, 1.54) is 109 Å². The van der Waals surface area contributed by atoms with E-state index in [0.29, 0.717) is 59.5 Å². The van der Waals surface area contributed by atoms with Gasteiger partial charge in [0.25, 0.3) is 0 Å². The zero-order valence-corrected chi connectivity index (χ0v) is 27.7. The van der Waals surface area contributed by atoms with Gasteiger partial charge in [-0.15, -0.1) is 0 Å². The summed E-state index contributed by atoms with van der Waals surface area (Å²) in [6, 6.07) is 0.843. The van der Waals surface area contributed by atoms with E-state index >= 15 is 0 Å². The molecule has 0 N–H and O–H groups in total. The van der Waals surface area contributed by atoms with Gasteiger partial charge in [0.1, 0.15) is 0 Å². The molecule has 0 aromatic heterocycles. The molecule has 236 valence electrons. The quantitative estimate of drug-likeness (QED) is 0.0562. The SMILES string of the molecule is CCCCCCCCCCCCCCCCCCCC[Si](OCCOCC)(OCCOCC)OCCOCC. The van der Waals surface area contributed by atoms with E-state index in [-0.39, 0.29) is 0 Å². The minimum absolute atomic E-state index is 0.502. The number of hydrogen-bond donors (Lipinski definition) is 0. The molecule has 0 rings (SSSR count). The Morgan fingerprint density at radius 1 is 0.333 bits per heavy atom. The zero-order chi connectivity index (χ0) is 28.5. The summed E-state index contributed by atoms with van der Waals surface area (Å²) in [7, 11) is -2.80. The maximum atomic E-state index is 6.28. The molecule has 7 heteroatoms. The van der Waals surface area contributed by atoms with Gasteiger partial charge in [0.2, 0.25) is 0 Å². The molecule has 0 unspecified atom stereocenters. The Balaban J connectivity index is 4.04. The van der Waals surface area contributed by atoms with Gasteiger partial charge in [0, 0.05) is 25.9 Å². The summed E-state index contributed by atoms with van der Waals surface area (Å²) in [6.07, 6.45) is 24.8. The summed E-state index contributed by atoms with van der Waals surface area (Å²) in [5, 5.41) is 0. The molecule has 0 aromatic carbocycles. The van der Waals surface area contributed by atoms with E-state index < -0.39 is 8.80 Å². The predicted molar refractivity (Wildman–Crippen MR) is 167 cm³/mol. The Bertz CT molecular complexity index is 423. The lowest BCUT2D eigenvalue weighted by Crippen LogP contribution is -2.48. The van der Waals surface area contributed by atoms with Crippen LogP contribution in [0, 0.1) is 0 Å². The largest absolute Gasteiger partial charge is 0.501 e. The van der Waals surface area contributed by atoms with E-state index in [9.17, 15) is 0 Å². The maximum absolute atomic E-state index is 6.28. The van der Waals surface area contributed by atoms with Crippen molar-refractivity contribution in [2.45, 2.75) is 149 Å². The topological polar surface area (TPSA) is 55.4 Å². The first kappa shape index (κ1) is 39.0. The van der Waals surface area contributed by atoms with Crippen molar-refractivity contribution in [2.24, 2.45) is 0 Å². The molecule has 0 saturated heterocycles. The van der Waals surface area contributed by atoms with Gasteiger partial charge in [0.05, 0.1) is 39.6 Å². The van der Waals surface area contributed by atoms with Gasteiger partial charge >= 0.3 is 8.80 Å². The first-order valence-corrected chi connectivity index (χ1v) is 18.8. The molecule has 0 aliphatic rings. The van der Waals surface area contributed by atoms with Gasteiger partial charge < -0.3 is 27.5 Å². The van der Waals surface area contributed by atoms with E-state index in [1.54, 1.807) is 0 Å². The highest BCUT2D eigenvalue weighted by Gasteiger charge is 2.40. The van der Waals surface area contributed by atoms with Gasteiger partial charge in [-0.05, 0) is 27.2 Å². The van der Waals surface area contributed by atoms with Crippen molar-refractivity contribution in [3.05, 3.63) is 0 Å². The predicted octanol–water partition coefficient (Wildman–Crippen LogP) is 9.13. The van der Waals surface area contributed by atoms with Crippen LogP contribution < -0.4 is 0 Å². The van der Waals surface area contributed by atoms with Crippen LogP contribution in [0.2, 0.25) is 6.04 Å². The van der Waals surface area contributed by atoms with Crippen molar-refractivity contribution < 1.29 is 27.5 Å². The lowest BCUT2D eigenvalue weighted by atomic mass is 10.0. The second kappa shape index (κ2) is 32.5. The maximum Gasteiger partial charge on any atom is 0.501 e. The van der Waals surface area contributed by atoms with Crippen LogP contribution in [-0.2, 0) is 27.5 Å². The van der Waals surface area contributed by atoms with Crippen LogP contribution in [0.1, 0.15) is 143 Å². The fourth-order valence-electron chi connectivity index (χ4n) is 4.79. The molecule has 0 spiro atoms.